The summed E-state index contributed by atoms with van der Waals surface area (Å²) in [6.45, 7) is 22.8. The number of anilines is 3. The van der Waals surface area contributed by atoms with Gasteiger partial charge < -0.3 is 14.7 Å². The summed E-state index contributed by atoms with van der Waals surface area (Å²) in [5.41, 5.74) is 11.9. The Morgan fingerprint density at radius 2 is 0.721 bits per heavy atom. The fraction of sp³-hybridized carbons (Fsp3) is 0.550. The molecule has 0 radical (unpaired) electrons. The fourth-order valence-corrected chi connectivity index (χ4v) is 6.83. The molecule has 0 aliphatic heterocycles. The van der Waals surface area contributed by atoms with E-state index >= 15 is 0 Å². The van der Waals surface area contributed by atoms with Gasteiger partial charge in [-0.05, 0) is 91.7 Å². The van der Waals surface area contributed by atoms with Crippen molar-refractivity contribution in [2.75, 3.05) is 54.0 Å². The highest BCUT2D eigenvalue weighted by Crippen LogP contribution is 2.30. The summed E-state index contributed by atoms with van der Waals surface area (Å²) in [6.07, 6.45) is 10.1. The molecule has 0 aliphatic carbocycles. The molecule has 0 aliphatic rings. The molecule has 0 aromatic heterocycles. The lowest BCUT2D eigenvalue weighted by Gasteiger charge is -2.33. The Balaban J connectivity index is 1.80. The lowest BCUT2D eigenvalue weighted by atomic mass is 10.0. The summed E-state index contributed by atoms with van der Waals surface area (Å²) in [6, 6.07) is 23.0. The number of rotatable bonds is 20. The first kappa shape index (κ1) is 34.5. The Kier molecular flexibility index (Phi) is 15.0. The van der Waals surface area contributed by atoms with Crippen molar-refractivity contribution >= 4 is 17.1 Å². The molecule has 0 saturated carbocycles. The third kappa shape index (κ3) is 9.27. The van der Waals surface area contributed by atoms with E-state index in [1.54, 1.807) is 0 Å². The molecule has 0 unspecified atom stereocenters. The smallest absolute Gasteiger partial charge is 0.0431 e. The predicted molar refractivity (Wildman–Crippen MR) is 193 cm³/mol. The molecule has 3 aromatic rings. The molecule has 3 rings (SSSR count). The summed E-state index contributed by atoms with van der Waals surface area (Å²) in [4.78, 5) is 8.09. The standard InChI is InChI=1S/C40H61N3/c1-8-27-42(39-34(11-4)22-17-23-35(39)12-5)31-19-29-41(38-26-16-15-21-33(38)10-3)30-20-32-43(28-9-2)40-36(13-6)24-18-25-37(40)14-7/h15-18,21-26H,8-14,19-20,27-32H2,1-7H3. The highest BCUT2D eigenvalue weighted by atomic mass is 15.2. The average Bonchev–Trinajstić information content (AvgIpc) is 3.05. The van der Waals surface area contributed by atoms with Crippen LogP contribution in [-0.4, -0.2) is 39.3 Å². The first-order valence-electron chi connectivity index (χ1n) is 17.6. The van der Waals surface area contributed by atoms with Gasteiger partial charge in [0.05, 0.1) is 0 Å². The SMILES string of the molecule is CCCN(CCCN(CCCN(CCC)c1c(CC)cccc1CC)c1ccccc1CC)c1c(CC)cccc1CC. The molecule has 3 heteroatoms. The number of hydrogen-bond acceptors (Lipinski definition) is 3. The van der Waals surface area contributed by atoms with Crippen LogP contribution in [0.2, 0.25) is 0 Å². The number of nitrogens with zero attached hydrogens (tertiary/aromatic N) is 3. The van der Waals surface area contributed by atoms with E-state index < -0.39 is 0 Å². The van der Waals surface area contributed by atoms with Gasteiger partial charge in [0.15, 0.2) is 0 Å². The van der Waals surface area contributed by atoms with Crippen LogP contribution in [0, 0.1) is 0 Å². The van der Waals surface area contributed by atoms with Crippen LogP contribution in [0.5, 0.6) is 0 Å². The van der Waals surface area contributed by atoms with Gasteiger partial charge >= 0.3 is 0 Å². The van der Waals surface area contributed by atoms with Gasteiger partial charge in [0, 0.05) is 56.3 Å². The van der Waals surface area contributed by atoms with Gasteiger partial charge in [-0.2, -0.15) is 0 Å². The van der Waals surface area contributed by atoms with E-state index in [0.717, 1.165) is 84.2 Å². The summed E-state index contributed by atoms with van der Waals surface area (Å²) in [5.74, 6) is 0. The van der Waals surface area contributed by atoms with Gasteiger partial charge in [-0.1, -0.05) is 103 Å². The van der Waals surface area contributed by atoms with Crippen LogP contribution in [0.4, 0.5) is 17.1 Å². The molecular formula is C40H61N3. The van der Waals surface area contributed by atoms with E-state index in [1.807, 2.05) is 0 Å². The van der Waals surface area contributed by atoms with E-state index in [1.165, 1.54) is 57.7 Å². The zero-order valence-electron chi connectivity index (χ0n) is 28.7. The van der Waals surface area contributed by atoms with E-state index in [2.05, 4.69) is 124 Å². The molecule has 43 heavy (non-hydrogen) atoms. The van der Waals surface area contributed by atoms with Crippen LogP contribution in [-0.2, 0) is 32.1 Å². The topological polar surface area (TPSA) is 9.72 Å². The maximum Gasteiger partial charge on any atom is 0.0431 e. The van der Waals surface area contributed by atoms with Crippen molar-refractivity contribution < 1.29 is 0 Å². The van der Waals surface area contributed by atoms with Crippen LogP contribution in [0.15, 0.2) is 60.7 Å². The first-order chi connectivity index (χ1) is 21.1. The summed E-state index contributed by atoms with van der Waals surface area (Å²) in [7, 11) is 0. The quantitative estimate of drug-likeness (QED) is 0.131. The first-order valence-corrected chi connectivity index (χ1v) is 17.6. The Bertz CT molecular complexity index is 1100. The molecule has 0 saturated heterocycles. The second-order valence-electron chi connectivity index (χ2n) is 11.9. The summed E-state index contributed by atoms with van der Waals surface area (Å²) < 4.78 is 0. The molecule has 3 nitrogen and oxygen atoms in total. The molecule has 0 fully saturated rings. The molecule has 0 amide bonds. The second kappa shape index (κ2) is 18.7. The van der Waals surface area contributed by atoms with Crippen LogP contribution in [0.1, 0.15) is 102 Å². The van der Waals surface area contributed by atoms with Gasteiger partial charge in [0.2, 0.25) is 0 Å². The zero-order chi connectivity index (χ0) is 31.0. The molecule has 0 bridgehead atoms. The highest BCUT2D eigenvalue weighted by molar-refractivity contribution is 5.61. The van der Waals surface area contributed by atoms with Gasteiger partial charge in [-0.3, -0.25) is 0 Å². The average molecular weight is 584 g/mol. The molecule has 3 aromatic carbocycles. The Morgan fingerprint density at radius 3 is 1.09 bits per heavy atom. The number of para-hydroxylation sites is 3. The highest BCUT2D eigenvalue weighted by Gasteiger charge is 2.18. The van der Waals surface area contributed by atoms with Crippen molar-refractivity contribution in [1.82, 2.24) is 0 Å². The van der Waals surface area contributed by atoms with Gasteiger partial charge in [0.1, 0.15) is 0 Å². The van der Waals surface area contributed by atoms with Gasteiger partial charge in [-0.25, -0.2) is 0 Å². The minimum Gasteiger partial charge on any atom is -0.371 e. The number of aryl methyl sites for hydroxylation is 5. The van der Waals surface area contributed by atoms with Crippen molar-refractivity contribution in [3.05, 3.63) is 88.5 Å². The lowest BCUT2D eigenvalue weighted by molar-refractivity contribution is 0.647. The van der Waals surface area contributed by atoms with E-state index in [9.17, 15) is 0 Å². The number of hydrogen-bond donors (Lipinski definition) is 0. The van der Waals surface area contributed by atoms with Crippen molar-refractivity contribution in [1.29, 1.82) is 0 Å². The van der Waals surface area contributed by atoms with Crippen molar-refractivity contribution in [3.63, 3.8) is 0 Å². The second-order valence-corrected chi connectivity index (χ2v) is 11.9. The van der Waals surface area contributed by atoms with Gasteiger partial charge in [0.25, 0.3) is 0 Å². The zero-order valence-corrected chi connectivity index (χ0v) is 28.7. The monoisotopic (exact) mass is 583 g/mol. The van der Waals surface area contributed by atoms with Crippen LogP contribution >= 0.6 is 0 Å². The summed E-state index contributed by atoms with van der Waals surface area (Å²) >= 11 is 0. The van der Waals surface area contributed by atoms with Crippen molar-refractivity contribution in [2.45, 2.75) is 106 Å². The van der Waals surface area contributed by atoms with Crippen LogP contribution in [0.3, 0.4) is 0 Å². The normalized spacial score (nSPS) is 11.1. The molecular weight excluding hydrogens is 522 g/mol. The Morgan fingerprint density at radius 1 is 0.372 bits per heavy atom. The van der Waals surface area contributed by atoms with Crippen molar-refractivity contribution in [3.8, 4) is 0 Å². The maximum absolute atomic E-state index is 2.70. The third-order valence-electron chi connectivity index (χ3n) is 8.97. The minimum atomic E-state index is 1.07. The lowest BCUT2D eigenvalue weighted by Crippen LogP contribution is -2.34. The molecule has 0 atom stereocenters. The van der Waals surface area contributed by atoms with E-state index in [-0.39, 0.29) is 0 Å². The third-order valence-corrected chi connectivity index (χ3v) is 8.97. The minimum absolute atomic E-state index is 1.07. The summed E-state index contributed by atoms with van der Waals surface area (Å²) in [5, 5.41) is 0. The van der Waals surface area contributed by atoms with E-state index in [0.29, 0.717) is 0 Å². The molecule has 0 spiro atoms. The fourth-order valence-electron chi connectivity index (χ4n) is 6.83. The van der Waals surface area contributed by atoms with Crippen LogP contribution < -0.4 is 14.7 Å². The van der Waals surface area contributed by atoms with Gasteiger partial charge in [-0.15, -0.1) is 0 Å². The predicted octanol–water partition coefficient (Wildman–Crippen LogP) is 9.92. The molecule has 0 heterocycles. The number of benzene rings is 3. The molecule has 0 N–H and O–H groups in total. The van der Waals surface area contributed by atoms with Crippen molar-refractivity contribution in [2.24, 2.45) is 0 Å². The van der Waals surface area contributed by atoms with Crippen LogP contribution in [0.25, 0.3) is 0 Å². The Labute approximate surface area is 265 Å². The van der Waals surface area contributed by atoms with E-state index in [4.69, 9.17) is 0 Å². The Hall–Kier alpha value is -2.94. The largest absolute Gasteiger partial charge is 0.371 e. The molecule has 236 valence electrons. The maximum atomic E-state index is 2.70.